The molecule has 1 N–H and O–H groups in total. The topological polar surface area (TPSA) is 66.8 Å². The summed E-state index contributed by atoms with van der Waals surface area (Å²) in [6.45, 7) is 2.87. The van der Waals surface area contributed by atoms with Gasteiger partial charge in [0.1, 0.15) is 6.04 Å². The van der Waals surface area contributed by atoms with Gasteiger partial charge in [-0.25, -0.2) is 0 Å². The van der Waals surface area contributed by atoms with Gasteiger partial charge in [0.05, 0.1) is 13.0 Å². The molecule has 0 spiro atoms. The molecule has 0 heterocycles. The van der Waals surface area contributed by atoms with E-state index in [0.717, 1.165) is 11.1 Å². The van der Waals surface area contributed by atoms with Crippen LogP contribution in [0.1, 0.15) is 24.5 Å². The van der Waals surface area contributed by atoms with Crippen molar-refractivity contribution >= 4 is 11.9 Å². The molecule has 1 unspecified atom stereocenters. The zero-order valence-electron chi connectivity index (χ0n) is 14.3. The van der Waals surface area contributed by atoms with E-state index in [1.54, 1.807) is 6.92 Å². The highest BCUT2D eigenvalue weighted by atomic mass is 16.5. The van der Waals surface area contributed by atoms with Crippen molar-refractivity contribution in [2.45, 2.75) is 32.5 Å². The van der Waals surface area contributed by atoms with Crippen LogP contribution in [-0.4, -0.2) is 34.6 Å². The molecule has 25 heavy (non-hydrogen) atoms. The van der Waals surface area contributed by atoms with Crippen LogP contribution in [0.2, 0.25) is 0 Å². The summed E-state index contributed by atoms with van der Waals surface area (Å²) >= 11 is 0. The van der Waals surface area contributed by atoms with Crippen LogP contribution in [0, 0.1) is 0 Å². The van der Waals surface area contributed by atoms with Crippen LogP contribution >= 0.6 is 0 Å². The maximum Gasteiger partial charge on any atom is 0.323 e. The molecule has 2 aromatic rings. The zero-order chi connectivity index (χ0) is 18.1. The Morgan fingerprint density at radius 2 is 1.44 bits per heavy atom. The molecule has 5 nitrogen and oxygen atoms in total. The first-order chi connectivity index (χ1) is 12.1. The fraction of sp³-hybridized carbons (Fsp3) is 0.300. The van der Waals surface area contributed by atoms with Crippen molar-refractivity contribution in [1.82, 2.24) is 4.90 Å². The minimum Gasteiger partial charge on any atom is -0.481 e. The van der Waals surface area contributed by atoms with Gasteiger partial charge in [-0.3, -0.25) is 14.5 Å². The first kappa shape index (κ1) is 18.7. The van der Waals surface area contributed by atoms with Crippen molar-refractivity contribution in [2.24, 2.45) is 0 Å². The summed E-state index contributed by atoms with van der Waals surface area (Å²) in [6, 6.07) is 18.5. The Kier molecular flexibility index (Phi) is 7.16. The molecule has 1 atom stereocenters. The molecular formula is C20H23NO4. The molecule has 0 radical (unpaired) electrons. The standard InChI is InChI=1S/C20H23NO4/c1-2-25-20(24)18(13-19(22)23)21(14-16-9-5-3-6-10-16)15-17-11-7-4-8-12-17/h3-12,18H,2,13-15H2,1H3,(H,22,23). The number of carboxylic acids is 1. The molecule has 0 aromatic heterocycles. The van der Waals surface area contributed by atoms with Gasteiger partial charge in [-0.1, -0.05) is 60.7 Å². The lowest BCUT2D eigenvalue weighted by atomic mass is 10.1. The quantitative estimate of drug-likeness (QED) is 0.710. The Morgan fingerprint density at radius 1 is 0.960 bits per heavy atom. The number of nitrogens with zero attached hydrogens (tertiary/aromatic N) is 1. The van der Waals surface area contributed by atoms with Gasteiger partial charge < -0.3 is 9.84 Å². The third-order valence-corrected chi connectivity index (χ3v) is 3.82. The largest absolute Gasteiger partial charge is 0.481 e. The molecule has 2 rings (SSSR count). The second-order valence-corrected chi connectivity index (χ2v) is 5.74. The number of carboxylic acid groups (broad SMARTS) is 1. The second kappa shape index (κ2) is 9.59. The number of rotatable bonds is 9. The van der Waals surface area contributed by atoms with Crippen molar-refractivity contribution in [3.63, 3.8) is 0 Å². The van der Waals surface area contributed by atoms with Crippen LogP contribution in [0.4, 0.5) is 0 Å². The van der Waals surface area contributed by atoms with E-state index in [4.69, 9.17) is 4.74 Å². The van der Waals surface area contributed by atoms with Crippen LogP contribution in [0.5, 0.6) is 0 Å². The Hall–Kier alpha value is -2.66. The van der Waals surface area contributed by atoms with Crippen molar-refractivity contribution in [3.8, 4) is 0 Å². The number of benzene rings is 2. The number of hydrogen-bond donors (Lipinski definition) is 1. The van der Waals surface area contributed by atoms with Crippen molar-refractivity contribution in [2.75, 3.05) is 6.61 Å². The average molecular weight is 341 g/mol. The number of aliphatic carboxylic acids is 1. The summed E-state index contributed by atoms with van der Waals surface area (Å²) in [4.78, 5) is 25.5. The number of esters is 1. The first-order valence-corrected chi connectivity index (χ1v) is 8.30. The lowest BCUT2D eigenvalue weighted by Crippen LogP contribution is -2.43. The fourth-order valence-electron chi connectivity index (χ4n) is 2.68. The molecule has 5 heteroatoms. The van der Waals surface area contributed by atoms with Gasteiger partial charge in [-0.05, 0) is 18.1 Å². The highest BCUT2D eigenvalue weighted by molar-refractivity contribution is 5.82. The molecule has 2 aromatic carbocycles. The highest BCUT2D eigenvalue weighted by Gasteiger charge is 2.30. The van der Waals surface area contributed by atoms with Gasteiger partial charge in [-0.2, -0.15) is 0 Å². The third-order valence-electron chi connectivity index (χ3n) is 3.82. The van der Waals surface area contributed by atoms with Crippen molar-refractivity contribution < 1.29 is 19.4 Å². The SMILES string of the molecule is CCOC(=O)C(CC(=O)O)N(Cc1ccccc1)Cc1ccccc1. The molecule has 0 aliphatic heterocycles. The van der Waals surface area contributed by atoms with Gasteiger partial charge in [0.15, 0.2) is 0 Å². The summed E-state index contributed by atoms with van der Waals surface area (Å²) in [6.07, 6.45) is -0.293. The Morgan fingerprint density at radius 3 is 1.84 bits per heavy atom. The molecule has 0 saturated carbocycles. The van der Waals surface area contributed by atoms with Gasteiger partial charge in [0, 0.05) is 13.1 Å². The van der Waals surface area contributed by atoms with Gasteiger partial charge >= 0.3 is 11.9 Å². The second-order valence-electron chi connectivity index (χ2n) is 5.74. The van der Waals surface area contributed by atoms with Gasteiger partial charge in [-0.15, -0.1) is 0 Å². The lowest BCUT2D eigenvalue weighted by molar-refractivity contribution is -0.155. The van der Waals surface area contributed by atoms with Crippen LogP contribution in [-0.2, 0) is 27.4 Å². The predicted molar refractivity (Wildman–Crippen MR) is 94.8 cm³/mol. The normalized spacial score (nSPS) is 11.9. The van der Waals surface area contributed by atoms with Crippen LogP contribution in [0.25, 0.3) is 0 Å². The number of carbonyl (C=O) groups excluding carboxylic acids is 1. The number of ether oxygens (including phenoxy) is 1. The minimum atomic E-state index is -1.02. The molecule has 0 bridgehead atoms. The lowest BCUT2D eigenvalue weighted by Gasteiger charge is -2.29. The van der Waals surface area contributed by atoms with Crippen molar-refractivity contribution in [1.29, 1.82) is 0 Å². The maximum atomic E-state index is 12.4. The smallest absolute Gasteiger partial charge is 0.323 e. The van der Waals surface area contributed by atoms with Gasteiger partial charge in [0.25, 0.3) is 0 Å². The third kappa shape index (κ3) is 6.04. The molecule has 0 fully saturated rings. The average Bonchev–Trinajstić information content (AvgIpc) is 2.61. The maximum absolute atomic E-state index is 12.4. The van der Waals surface area contributed by atoms with E-state index in [1.165, 1.54) is 0 Å². The molecular weight excluding hydrogens is 318 g/mol. The minimum absolute atomic E-state index is 0.222. The number of carbonyl (C=O) groups is 2. The molecule has 0 aliphatic rings. The number of hydrogen-bond acceptors (Lipinski definition) is 4. The van der Waals surface area contributed by atoms with E-state index in [2.05, 4.69) is 0 Å². The fourth-order valence-corrected chi connectivity index (χ4v) is 2.68. The Balaban J connectivity index is 2.28. The van der Waals surface area contributed by atoms with Crippen LogP contribution < -0.4 is 0 Å². The van der Waals surface area contributed by atoms with Gasteiger partial charge in [0.2, 0.25) is 0 Å². The first-order valence-electron chi connectivity index (χ1n) is 8.30. The van der Waals surface area contributed by atoms with Crippen LogP contribution in [0.3, 0.4) is 0 Å². The molecule has 0 saturated heterocycles. The summed E-state index contributed by atoms with van der Waals surface area (Å²) in [5, 5.41) is 9.25. The van der Waals surface area contributed by atoms with E-state index < -0.39 is 18.0 Å². The summed E-state index contributed by atoms with van der Waals surface area (Å²) in [5.74, 6) is -1.53. The summed E-state index contributed by atoms with van der Waals surface area (Å²) < 4.78 is 5.12. The highest BCUT2D eigenvalue weighted by Crippen LogP contribution is 2.17. The van der Waals surface area contributed by atoms with E-state index >= 15 is 0 Å². The zero-order valence-corrected chi connectivity index (χ0v) is 14.3. The van der Waals surface area contributed by atoms with E-state index in [0.29, 0.717) is 13.1 Å². The van der Waals surface area contributed by atoms with Crippen molar-refractivity contribution in [3.05, 3.63) is 71.8 Å². The summed E-state index contributed by atoms with van der Waals surface area (Å²) in [5.41, 5.74) is 2.02. The molecule has 0 aliphatic carbocycles. The van der Waals surface area contributed by atoms with Crippen LogP contribution in [0.15, 0.2) is 60.7 Å². The monoisotopic (exact) mass is 341 g/mol. The predicted octanol–water partition coefficient (Wildman–Crippen LogP) is 3.10. The van der Waals surface area contributed by atoms with E-state index in [1.807, 2.05) is 65.6 Å². The molecule has 0 amide bonds. The molecule has 132 valence electrons. The van der Waals surface area contributed by atoms with E-state index in [9.17, 15) is 14.7 Å². The Labute approximate surface area is 147 Å². The van der Waals surface area contributed by atoms with E-state index in [-0.39, 0.29) is 13.0 Å². The summed E-state index contributed by atoms with van der Waals surface area (Å²) in [7, 11) is 0. The Bertz CT molecular complexity index is 631.